The van der Waals surface area contributed by atoms with Crippen molar-refractivity contribution >= 4 is 17.4 Å². The first-order chi connectivity index (χ1) is 12.0. The van der Waals surface area contributed by atoms with Crippen LogP contribution in [0.1, 0.15) is 42.8 Å². The van der Waals surface area contributed by atoms with Gasteiger partial charge in [0.2, 0.25) is 5.91 Å². The average molecular weight is 337 g/mol. The molecule has 3 aromatic heterocycles. The van der Waals surface area contributed by atoms with E-state index >= 15 is 0 Å². The molecule has 3 aromatic rings. The second-order valence-corrected chi connectivity index (χ2v) is 7.00. The van der Waals surface area contributed by atoms with Gasteiger partial charge < -0.3 is 9.72 Å². The minimum Gasteiger partial charge on any atom is -0.310 e. The lowest BCUT2D eigenvalue weighted by Gasteiger charge is -2.16. The van der Waals surface area contributed by atoms with Gasteiger partial charge in [0.1, 0.15) is 11.5 Å². The number of nitrogens with zero attached hydrogens (tertiary/aromatic N) is 4. The van der Waals surface area contributed by atoms with Crippen LogP contribution in [-0.4, -0.2) is 25.1 Å². The third-order valence-electron chi connectivity index (χ3n) is 5.08. The molecule has 0 aliphatic heterocycles. The number of rotatable bonds is 5. The zero-order chi connectivity index (χ0) is 17.6. The smallest absolute Gasteiger partial charge is 0.231 e. The summed E-state index contributed by atoms with van der Waals surface area (Å²) in [4.78, 5) is 17.2. The second kappa shape index (κ2) is 6.02. The van der Waals surface area contributed by atoms with Crippen molar-refractivity contribution in [3.8, 4) is 0 Å². The Hall–Kier alpha value is -2.63. The molecule has 3 heterocycles. The van der Waals surface area contributed by atoms with Crippen molar-refractivity contribution in [1.82, 2.24) is 19.2 Å². The third kappa shape index (κ3) is 2.92. The fraction of sp³-hybridized carbons (Fsp3) is 0.421. The summed E-state index contributed by atoms with van der Waals surface area (Å²) >= 11 is 0. The van der Waals surface area contributed by atoms with Crippen molar-refractivity contribution < 1.29 is 4.79 Å². The number of aromatic nitrogens is 4. The number of hydrogen-bond acceptors (Lipinski definition) is 3. The van der Waals surface area contributed by atoms with Gasteiger partial charge in [0.25, 0.3) is 0 Å². The maximum Gasteiger partial charge on any atom is 0.231 e. The maximum atomic E-state index is 12.7. The molecule has 1 aliphatic carbocycles. The molecule has 0 bridgehead atoms. The Morgan fingerprint density at radius 2 is 2.16 bits per heavy atom. The number of hydrogen-bond donors (Lipinski definition) is 1. The van der Waals surface area contributed by atoms with Gasteiger partial charge in [-0.25, -0.2) is 9.67 Å². The molecule has 4 rings (SSSR count). The highest BCUT2D eigenvalue weighted by Crippen LogP contribution is 2.40. The van der Waals surface area contributed by atoms with Crippen LogP contribution in [0.3, 0.4) is 0 Å². The molecule has 25 heavy (non-hydrogen) atoms. The standard InChI is InChI=1S/C19H23N5O/c1-12-11-20-24(14(3)15-7-8-15)19(12)22-18(25)10-16-13(2)21-17-6-4-5-9-23(16)17/h4-6,9,11,14-15H,7-8,10H2,1-3H3,(H,22,25)/t14-/m1/s1. The van der Waals surface area contributed by atoms with Crippen molar-refractivity contribution in [3.05, 3.63) is 47.5 Å². The number of anilines is 1. The molecule has 1 aliphatic rings. The molecule has 0 unspecified atom stereocenters. The van der Waals surface area contributed by atoms with Gasteiger partial charge in [-0.05, 0) is 51.7 Å². The van der Waals surface area contributed by atoms with Gasteiger partial charge in [0, 0.05) is 11.8 Å². The van der Waals surface area contributed by atoms with Gasteiger partial charge >= 0.3 is 0 Å². The van der Waals surface area contributed by atoms with Crippen molar-refractivity contribution in [2.45, 2.75) is 46.1 Å². The Morgan fingerprint density at radius 1 is 1.36 bits per heavy atom. The van der Waals surface area contributed by atoms with Gasteiger partial charge in [0.05, 0.1) is 30.0 Å². The summed E-state index contributed by atoms with van der Waals surface area (Å²) in [5.74, 6) is 1.45. The van der Waals surface area contributed by atoms with E-state index in [4.69, 9.17) is 0 Å². The summed E-state index contributed by atoms with van der Waals surface area (Å²) in [5, 5.41) is 7.55. The summed E-state index contributed by atoms with van der Waals surface area (Å²) in [6, 6.07) is 6.17. The van der Waals surface area contributed by atoms with Gasteiger partial charge in [-0.15, -0.1) is 0 Å². The maximum absolute atomic E-state index is 12.7. The predicted octanol–water partition coefficient (Wildman–Crippen LogP) is 3.30. The molecule has 1 atom stereocenters. The number of nitrogens with one attached hydrogen (secondary N) is 1. The first-order valence-electron chi connectivity index (χ1n) is 8.81. The molecule has 6 nitrogen and oxygen atoms in total. The molecule has 0 aromatic carbocycles. The number of carbonyl (C=O) groups is 1. The highest BCUT2D eigenvalue weighted by Gasteiger charge is 2.31. The number of pyridine rings is 1. The number of carbonyl (C=O) groups excluding carboxylic acids is 1. The fourth-order valence-electron chi connectivity index (χ4n) is 3.40. The zero-order valence-electron chi connectivity index (χ0n) is 14.9. The van der Waals surface area contributed by atoms with Gasteiger partial charge in [-0.3, -0.25) is 4.79 Å². The topological polar surface area (TPSA) is 64.2 Å². The lowest BCUT2D eigenvalue weighted by atomic mass is 10.2. The predicted molar refractivity (Wildman–Crippen MR) is 96.7 cm³/mol. The highest BCUT2D eigenvalue weighted by molar-refractivity contribution is 5.92. The quantitative estimate of drug-likeness (QED) is 0.777. The van der Waals surface area contributed by atoms with Crippen molar-refractivity contribution in [2.24, 2.45) is 5.92 Å². The fourth-order valence-corrected chi connectivity index (χ4v) is 3.40. The molecule has 1 amide bonds. The van der Waals surface area contributed by atoms with Crippen LogP contribution in [0.2, 0.25) is 0 Å². The molecule has 6 heteroatoms. The Kier molecular flexibility index (Phi) is 3.82. The van der Waals surface area contributed by atoms with E-state index < -0.39 is 0 Å². The van der Waals surface area contributed by atoms with Crippen LogP contribution in [0.15, 0.2) is 30.6 Å². The monoisotopic (exact) mass is 337 g/mol. The number of fused-ring (bicyclic) bond motifs is 1. The second-order valence-electron chi connectivity index (χ2n) is 7.00. The van der Waals surface area contributed by atoms with E-state index in [1.54, 1.807) is 0 Å². The van der Waals surface area contributed by atoms with Gasteiger partial charge in [-0.1, -0.05) is 6.07 Å². The summed E-state index contributed by atoms with van der Waals surface area (Å²) in [6.45, 7) is 6.10. The van der Waals surface area contributed by atoms with Crippen molar-refractivity contribution in [3.63, 3.8) is 0 Å². The van der Waals surface area contributed by atoms with Crippen LogP contribution in [-0.2, 0) is 11.2 Å². The number of imidazole rings is 1. The van der Waals surface area contributed by atoms with Crippen LogP contribution in [0.25, 0.3) is 5.65 Å². The Morgan fingerprint density at radius 3 is 2.92 bits per heavy atom. The summed E-state index contributed by atoms with van der Waals surface area (Å²) in [5.41, 5.74) is 3.67. The molecule has 1 saturated carbocycles. The lowest BCUT2D eigenvalue weighted by Crippen LogP contribution is -2.21. The minimum atomic E-state index is -0.0402. The minimum absolute atomic E-state index is 0.0402. The normalized spacial score (nSPS) is 15.5. The Labute approximate surface area is 146 Å². The van der Waals surface area contributed by atoms with Crippen LogP contribution in [0.5, 0.6) is 0 Å². The largest absolute Gasteiger partial charge is 0.310 e. The van der Waals surface area contributed by atoms with E-state index in [0.717, 1.165) is 28.4 Å². The molecule has 0 saturated heterocycles. The van der Waals surface area contributed by atoms with Crippen molar-refractivity contribution in [1.29, 1.82) is 0 Å². The van der Waals surface area contributed by atoms with Crippen LogP contribution in [0, 0.1) is 19.8 Å². The van der Waals surface area contributed by atoms with Gasteiger partial charge in [-0.2, -0.15) is 5.10 Å². The molecular weight excluding hydrogens is 314 g/mol. The molecular formula is C19H23N5O. The first-order valence-corrected chi connectivity index (χ1v) is 8.81. The van der Waals surface area contributed by atoms with E-state index in [1.165, 1.54) is 12.8 Å². The average Bonchev–Trinajstić information content (AvgIpc) is 3.32. The van der Waals surface area contributed by atoms with Crippen molar-refractivity contribution in [2.75, 3.05) is 5.32 Å². The van der Waals surface area contributed by atoms with E-state index in [-0.39, 0.29) is 5.91 Å². The lowest BCUT2D eigenvalue weighted by molar-refractivity contribution is -0.115. The van der Waals surface area contributed by atoms with Crippen LogP contribution >= 0.6 is 0 Å². The molecule has 0 radical (unpaired) electrons. The van der Waals surface area contributed by atoms with Gasteiger partial charge in [0.15, 0.2) is 0 Å². The summed E-state index contributed by atoms with van der Waals surface area (Å²) in [6.07, 6.45) is 6.55. The molecule has 1 N–H and O–H groups in total. The highest BCUT2D eigenvalue weighted by atomic mass is 16.1. The molecule has 1 fully saturated rings. The Bertz CT molecular complexity index is 935. The van der Waals surface area contributed by atoms with E-state index in [1.807, 2.05) is 53.5 Å². The number of amides is 1. The number of aryl methyl sites for hydroxylation is 2. The summed E-state index contributed by atoms with van der Waals surface area (Å²) < 4.78 is 3.94. The third-order valence-corrected chi connectivity index (χ3v) is 5.08. The molecule has 0 spiro atoms. The van der Waals surface area contributed by atoms with Crippen LogP contribution in [0.4, 0.5) is 5.82 Å². The first kappa shape index (κ1) is 15.9. The SMILES string of the molecule is Cc1cnn([C@H](C)C2CC2)c1NC(=O)Cc1c(C)nc2ccccn12. The zero-order valence-corrected chi connectivity index (χ0v) is 14.9. The Balaban J connectivity index is 1.56. The summed E-state index contributed by atoms with van der Waals surface area (Å²) in [7, 11) is 0. The van der Waals surface area contributed by atoms with Crippen LogP contribution < -0.4 is 5.32 Å². The van der Waals surface area contributed by atoms with E-state index in [0.29, 0.717) is 18.4 Å². The van der Waals surface area contributed by atoms with E-state index in [9.17, 15) is 4.79 Å². The van der Waals surface area contributed by atoms with E-state index in [2.05, 4.69) is 22.3 Å². The molecule has 130 valence electrons.